The minimum Gasteiger partial charge on any atom is -0.336 e. The van der Waals surface area contributed by atoms with Gasteiger partial charge in [-0.25, -0.2) is 9.48 Å². The van der Waals surface area contributed by atoms with Crippen LogP contribution in [0.2, 0.25) is 0 Å². The number of nitrogens with one attached hydrogen (secondary N) is 2. The molecule has 2 aliphatic rings. The monoisotopic (exact) mass is 304 g/mol. The second-order valence-corrected chi connectivity index (χ2v) is 6.27. The molecule has 6 heteroatoms. The predicted octanol–water partition coefficient (Wildman–Crippen LogP) is 1.36. The molecule has 120 valence electrons. The zero-order valence-electron chi connectivity index (χ0n) is 12.9. The van der Waals surface area contributed by atoms with Crippen molar-refractivity contribution in [3.8, 4) is 0 Å². The maximum Gasteiger partial charge on any atom is 0.315 e. The minimum atomic E-state index is -0.138. The smallest absolute Gasteiger partial charge is 0.315 e. The quantitative estimate of drug-likeness (QED) is 0.882. The SMILES string of the molecule is O=C(NCCn1nc2c(cc1=O)CCC2)NC1CCCCC1. The van der Waals surface area contributed by atoms with Gasteiger partial charge in [-0.2, -0.15) is 5.10 Å². The molecule has 2 aliphatic carbocycles. The van der Waals surface area contributed by atoms with E-state index in [1.165, 1.54) is 23.9 Å². The van der Waals surface area contributed by atoms with E-state index in [1.54, 1.807) is 6.07 Å². The summed E-state index contributed by atoms with van der Waals surface area (Å²) in [6.45, 7) is 0.842. The molecule has 0 aromatic carbocycles. The number of aryl methyl sites for hydroxylation is 2. The Balaban J connectivity index is 1.46. The number of rotatable bonds is 4. The van der Waals surface area contributed by atoms with Crippen LogP contribution in [0.5, 0.6) is 0 Å². The highest BCUT2D eigenvalue weighted by atomic mass is 16.2. The first-order valence-electron chi connectivity index (χ1n) is 8.36. The lowest BCUT2D eigenvalue weighted by Crippen LogP contribution is -2.44. The van der Waals surface area contributed by atoms with Crippen LogP contribution >= 0.6 is 0 Å². The Labute approximate surface area is 130 Å². The molecule has 0 bridgehead atoms. The third kappa shape index (κ3) is 3.67. The van der Waals surface area contributed by atoms with Crippen molar-refractivity contribution in [2.45, 2.75) is 64.0 Å². The Morgan fingerprint density at radius 1 is 1.23 bits per heavy atom. The fraction of sp³-hybridized carbons (Fsp3) is 0.688. The number of urea groups is 1. The number of carbonyl (C=O) groups excluding carboxylic acids is 1. The third-order valence-corrected chi connectivity index (χ3v) is 4.57. The van der Waals surface area contributed by atoms with Crippen LogP contribution in [0.25, 0.3) is 0 Å². The number of hydrogen-bond acceptors (Lipinski definition) is 3. The molecule has 2 amide bonds. The minimum absolute atomic E-state index is 0.0739. The zero-order valence-corrected chi connectivity index (χ0v) is 12.9. The number of hydrogen-bond donors (Lipinski definition) is 2. The van der Waals surface area contributed by atoms with Crippen LogP contribution < -0.4 is 16.2 Å². The molecule has 2 N–H and O–H groups in total. The zero-order chi connectivity index (χ0) is 15.4. The number of amides is 2. The molecule has 0 radical (unpaired) electrons. The van der Waals surface area contributed by atoms with E-state index >= 15 is 0 Å². The number of carbonyl (C=O) groups is 1. The van der Waals surface area contributed by atoms with E-state index in [-0.39, 0.29) is 11.6 Å². The lowest BCUT2D eigenvalue weighted by atomic mass is 9.96. The van der Waals surface area contributed by atoms with E-state index in [0.29, 0.717) is 19.1 Å². The Morgan fingerprint density at radius 3 is 2.86 bits per heavy atom. The highest BCUT2D eigenvalue weighted by Crippen LogP contribution is 2.17. The molecule has 0 aliphatic heterocycles. The first-order chi connectivity index (χ1) is 10.7. The van der Waals surface area contributed by atoms with Crippen LogP contribution in [-0.4, -0.2) is 28.4 Å². The van der Waals surface area contributed by atoms with E-state index < -0.39 is 0 Å². The number of fused-ring (bicyclic) bond motifs is 1. The van der Waals surface area contributed by atoms with E-state index in [1.807, 2.05) is 0 Å². The van der Waals surface area contributed by atoms with Crippen molar-refractivity contribution in [1.29, 1.82) is 0 Å². The largest absolute Gasteiger partial charge is 0.336 e. The highest BCUT2D eigenvalue weighted by Gasteiger charge is 2.16. The molecule has 0 saturated heterocycles. The normalized spacial score (nSPS) is 18.0. The molecule has 22 heavy (non-hydrogen) atoms. The average Bonchev–Trinajstić information content (AvgIpc) is 2.95. The third-order valence-electron chi connectivity index (χ3n) is 4.57. The van der Waals surface area contributed by atoms with Gasteiger partial charge in [0.2, 0.25) is 0 Å². The lowest BCUT2D eigenvalue weighted by Gasteiger charge is -2.22. The van der Waals surface area contributed by atoms with Gasteiger partial charge in [-0.1, -0.05) is 19.3 Å². The van der Waals surface area contributed by atoms with E-state index in [2.05, 4.69) is 15.7 Å². The Kier molecular flexibility index (Phi) is 4.75. The highest BCUT2D eigenvalue weighted by molar-refractivity contribution is 5.74. The van der Waals surface area contributed by atoms with E-state index in [0.717, 1.165) is 43.4 Å². The summed E-state index contributed by atoms with van der Waals surface area (Å²) in [5, 5.41) is 10.2. The van der Waals surface area contributed by atoms with Gasteiger partial charge in [-0.3, -0.25) is 4.79 Å². The van der Waals surface area contributed by atoms with E-state index in [9.17, 15) is 9.59 Å². The van der Waals surface area contributed by atoms with Gasteiger partial charge in [0.05, 0.1) is 12.2 Å². The Morgan fingerprint density at radius 2 is 2.05 bits per heavy atom. The fourth-order valence-electron chi connectivity index (χ4n) is 3.36. The summed E-state index contributed by atoms with van der Waals surface area (Å²) in [5.74, 6) is 0. The Bertz CT molecular complexity index is 590. The summed E-state index contributed by atoms with van der Waals surface area (Å²) in [4.78, 5) is 23.8. The van der Waals surface area contributed by atoms with Crippen LogP contribution in [-0.2, 0) is 19.4 Å². The maximum atomic E-state index is 11.9. The van der Waals surface area contributed by atoms with Crippen molar-refractivity contribution in [2.75, 3.05) is 6.54 Å². The molecule has 1 aromatic heterocycles. The fourth-order valence-corrected chi connectivity index (χ4v) is 3.36. The average molecular weight is 304 g/mol. The van der Waals surface area contributed by atoms with Crippen molar-refractivity contribution in [3.05, 3.63) is 27.7 Å². The van der Waals surface area contributed by atoms with Gasteiger partial charge in [0, 0.05) is 18.7 Å². The van der Waals surface area contributed by atoms with Gasteiger partial charge in [0.25, 0.3) is 5.56 Å². The van der Waals surface area contributed by atoms with Gasteiger partial charge < -0.3 is 10.6 Å². The summed E-state index contributed by atoms with van der Waals surface area (Å²) in [7, 11) is 0. The number of aromatic nitrogens is 2. The molecular weight excluding hydrogens is 280 g/mol. The molecule has 1 heterocycles. The molecule has 3 rings (SSSR count). The second-order valence-electron chi connectivity index (χ2n) is 6.27. The van der Waals surface area contributed by atoms with Crippen molar-refractivity contribution < 1.29 is 4.79 Å². The topological polar surface area (TPSA) is 76.0 Å². The molecule has 0 atom stereocenters. The van der Waals surface area contributed by atoms with Crippen molar-refractivity contribution >= 4 is 6.03 Å². The van der Waals surface area contributed by atoms with Gasteiger partial charge in [-0.05, 0) is 37.7 Å². The maximum absolute atomic E-state index is 11.9. The van der Waals surface area contributed by atoms with Crippen molar-refractivity contribution in [3.63, 3.8) is 0 Å². The Hall–Kier alpha value is -1.85. The van der Waals surface area contributed by atoms with Crippen molar-refractivity contribution in [2.24, 2.45) is 0 Å². The van der Waals surface area contributed by atoms with Crippen LogP contribution in [0.3, 0.4) is 0 Å². The summed E-state index contributed by atoms with van der Waals surface area (Å²) in [6.07, 6.45) is 8.78. The molecule has 0 unspecified atom stereocenters. The number of nitrogens with zero attached hydrogens (tertiary/aromatic N) is 2. The first kappa shape index (κ1) is 15.1. The summed E-state index contributed by atoms with van der Waals surface area (Å²) in [6, 6.07) is 1.85. The lowest BCUT2D eigenvalue weighted by molar-refractivity contribution is 0.232. The molecule has 6 nitrogen and oxygen atoms in total. The standard InChI is InChI=1S/C16H24N4O2/c21-15-11-12-5-4-8-14(12)19-20(15)10-9-17-16(22)18-13-6-2-1-3-7-13/h11,13H,1-10H2,(H2,17,18,22). The predicted molar refractivity (Wildman–Crippen MR) is 83.9 cm³/mol. The summed E-state index contributed by atoms with van der Waals surface area (Å²) in [5.41, 5.74) is 2.05. The van der Waals surface area contributed by atoms with Gasteiger partial charge >= 0.3 is 6.03 Å². The van der Waals surface area contributed by atoms with Crippen LogP contribution in [0, 0.1) is 0 Å². The molecular formula is C16H24N4O2. The second kappa shape index (κ2) is 6.94. The first-order valence-corrected chi connectivity index (χ1v) is 8.36. The van der Waals surface area contributed by atoms with E-state index in [4.69, 9.17) is 0 Å². The molecule has 1 aromatic rings. The molecule has 1 saturated carbocycles. The van der Waals surface area contributed by atoms with Crippen LogP contribution in [0.15, 0.2) is 10.9 Å². The van der Waals surface area contributed by atoms with Crippen molar-refractivity contribution in [1.82, 2.24) is 20.4 Å². The van der Waals surface area contributed by atoms with Gasteiger partial charge in [-0.15, -0.1) is 0 Å². The summed E-state index contributed by atoms with van der Waals surface area (Å²) < 4.78 is 1.46. The van der Waals surface area contributed by atoms with Crippen LogP contribution in [0.4, 0.5) is 4.79 Å². The van der Waals surface area contributed by atoms with Gasteiger partial charge in [0.1, 0.15) is 0 Å². The molecule has 1 fully saturated rings. The molecule has 0 spiro atoms. The summed E-state index contributed by atoms with van der Waals surface area (Å²) >= 11 is 0. The van der Waals surface area contributed by atoms with Crippen LogP contribution in [0.1, 0.15) is 49.8 Å². The van der Waals surface area contributed by atoms with Gasteiger partial charge in [0.15, 0.2) is 0 Å².